The maximum absolute atomic E-state index is 12.3. The standard InChI is InChI=1S/C16H18ClN5O2S/c1-11-15(24)18-16(20-19-11)25-10-14(23)22-8-6-21(7-9-22)13-4-2-12(17)3-5-13/h2-5H,6-10H2,1H3,(H,18,20,24). The lowest BCUT2D eigenvalue weighted by Gasteiger charge is -2.36. The number of thioether (sulfide) groups is 1. The van der Waals surface area contributed by atoms with E-state index in [-0.39, 0.29) is 17.2 Å². The van der Waals surface area contributed by atoms with Crippen LogP contribution in [0.4, 0.5) is 5.69 Å². The zero-order valence-electron chi connectivity index (χ0n) is 13.7. The number of anilines is 1. The number of hydrogen-bond acceptors (Lipinski definition) is 6. The molecule has 0 radical (unpaired) electrons. The van der Waals surface area contributed by atoms with Crippen LogP contribution in [-0.2, 0) is 4.79 Å². The van der Waals surface area contributed by atoms with Crippen molar-refractivity contribution in [2.45, 2.75) is 12.1 Å². The summed E-state index contributed by atoms with van der Waals surface area (Å²) in [6.07, 6.45) is 0. The lowest BCUT2D eigenvalue weighted by molar-refractivity contribution is -0.128. The molecule has 7 nitrogen and oxygen atoms in total. The van der Waals surface area contributed by atoms with Gasteiger partial charge in [0.15, 0.2) is 5.16 Å². The minimum absolute atomic E-state index is 0.0315. The van der Waals surface area contributed by atoms with E-state index in [1.54, 1.807) is 6.92 Å². The molecule has 1 fully saturated rings. The molecule has 1 N–H and O–H groups in total. The van der Waals surface area contributed by atoms with Crippen LogP contribution < -0.4 is 10.5 Å². The SMILES string of the molecule is Cc1nnc(SCC(=O)N2CCN(c3ccc(Cl)cc3)CC2)[nH]c1=O. The fourth-order valence-corrected chi connectivity index (χ4v) is 3.36. The van der Waals surface area contributed by atoms with Crippen molar-refractivity contribution in [3.8, 4) is 0 Å². The Labute approximate surface area is 154 Å². The molecule has 0 saturated carbocycles. The van der Waals surface area contributed by atoms with Crippen LogP contribution in [0.5, 0.6) is 0 Å². The van der Waals surface area contributed by atoms with E-state index < -0.39 is 0 Å². The Balaban J connectivity index is 1.50. The van der Waals surface area contributed by atoms with Crippen LogP contribution >= 0.6 is 23.4 Å². The average Bonchev–Trinajstić information content (AvgIpc) is 2.63. The molecule has 1 aromatic heterocycles. The van der Waals surface area contributed by atoms with Crippen molar-refractivity contribution in [2.75, 3.05) is 36.8 Å². The van der Waals surface area contributed by atoms with E-state index in [1.165, 1.54) is 11.8 Å². The maximum Gasteiger partial charge on any atom is 0.273 e. The summed E-state index contributed by atoms with van der Waals surface area (Å²) in [5, 5.41) is 8.73. The van der Waals surface area contributed by atoms with Crippen LogP contribution in [0.1, 0.15) is 5.69 Å². The van der Waals surface area contributed by atoms with Crippen molar-refractivity contribution in [3.05, 3.63) is 45.3 Å². The van der Waals surface area contributed by atoms with Gasteiger partial charge in [0, 0.05) is 36.9 Å². The first-order valence-electron chi connectivity index (χ1n) is 7.87. The number of benzene rings is 1. The van der Waals surface area contributed by atoms with E-state index in [2.05, 4.69) is 20.1 Å². The molecule has 1 aliphatic heterocycles. The second-order valence-corrected chi connectivity index (χ2v) is 7.08. The predicted octanol–water partition coefficient (Wildman–Crippen LogP) is 1.57. The van der Waals surface area contributed by atoms with E-state index in [4.69, 9.17) is 11.6 Å². The Bertz CT molecular complexity index is 803. The van der Waals surface area contributed by atoms with Crippen LogP contribution in [0.15, 0.2) is 34.2 Å². The van der Waals surface area contributed by atoms with Crippen molar-refractivity contribution < 1.29 is 4.79 Å². The van der Waals surface area contributed by atoms with Crippen molar-refractivity contribution >= 4 is 35.0 Å². The molecular weight excluding hydrogens is 362 g/mol. The van der Waals surface area contributed by atoms with Gasteiger partial charge in [0.05, 0.1) is 5.75 Å². The van der Waals surface area contributed by atoms with Crippen LogP contribution in [0.3, 0.4) is 0 Å². The van der Waals surface area contributed by atoms with E-state index in [9.17, 15) is 9.59 Å². The number of H-pyrrole nitrogens is 1. The molecule has 2 aromatic rings. The van der Waals surface area contributed by atoms with Gasteiger partial charge in [-0.1, -0.05) is 23.4 Å². The van der Waals surface area contributed by atoms with Gasteiger partial charge in [0.1, 0.15) is 5.69 Å². The van der Waals surface area contributed by atoms with Crippen LogP contribution in [-0.4, -0.2) is 57.9 Å². The number of nitrogens with zero attached hydrogens (tertiary/aromatic N) is 4. The van der Waals surface area contributed by atoms with Crippen molar-refractivity contribution in [1.29, 1.82) is 0 Å². The number of piperazine rings is 1. The summed E-state index contributed by atoms with van der Waals surface area (Å²) in [6.45, 7) is 4.47. The summed E-state index contributed by atoms with van der Waals surface area (Å²) in [6, 6.07) is 7.72. The van der Waals surface area contributed by atoms with Gasteiger partial charge < -0.3 is 9.80 Å². The third-order valence-corrected chi connectivity index (χ3v) is 5.10. The van der Waals surface area contributed by atoms with Gasteiger partial charge in [-0.3, -0.25) is 14.6 Å². The normalized spacial score (nSPS) is 14.6. The van der Waals surface area contributed by atoms with Gasteiger partial charge in [-0.2, -0.15) is 0 Å². The molecule has 25 heavy (non-hydrogen) atoms. The highest BCUT2D eigenvalue weighted by atomic mass is 35.5. The van der Waals surface area contributed by atoms with Gasteiger partial charge in [0.25, 0.3) is 5.56 Å². The Kier molecular flexibility index (Phi) is 5.60. The molecule has 0 bridgehead atoms. The third kappa shape index (κ3) is 4.52. The highest BCUT2D eigenvalue weighted by Gasteiger charge is 2.21. The minimum atomic E-state index is -0.276. The summed E-state index contributed by atoms with van der Waals surface area (Å²) in [4.78, 5) is 30.5. The number of amides is 1. The average molecular weight is 380 g/mol. The number of hydrogen-bond donors (Lipinski definition) is 1. The first kappa shape index (κ1) is 17.8. The van der Waals surface area contributed by atoms with E-state index in [0.717, 1.165) is 18.8 Å². The predicted molar refractivity (Wildman–Crippen MR) is 98.4 cm³/mol. The van der Waals surface area contributed by atoms with Crippen LogP contribution in [0, 0.1) is 6.92 Å². The highest BCUT2D eigenvalue weighted by Crippen LogP contribution is 2.20. The lowest BCUT2D eigenvalue weighted by atomic mass is 10.2. The molecule has 0 atom stereocenters. The van der Waals surface area contributed by atoms with Crippen molar-refractivity contribution in [1.82, 2.24) is 20.1 Å². The zero-order valence-corrected chi connectivity index (χ0v) is 15.3. The number of rotatable bonds is 4. The Hall–Kier alpha value is -2.06. The number of nitrogens with one attached hydrogen (secondary N) is 1. The van der Waals surface area contributed by atoms with Gasteiger partial charge in [-0.15, -0.1) is 10.2 Å². The summed E-state index contributed by atoms with van der Waals surface area (Å²) in [5.41, 5.74) is 1.15. The largest absolute Gasteiger partial charge is 0.368 e. The van der Waals surface area contributed by atoms with Crippen LogP contribution in [0.2, 0.25) is 5.02 Å². The van der Waals surface area contributed by atoms with E-state index >= 15 is 0 Å². The van der Waals surface area contributed by atoms with Crippen molar-refractivity contribution in [2.24, 2.45) is 0 Å². The number of aryl methyl sites for hydroxylation is 1. The summed E-state index contributed by atoms with van der Waals surface area (Å²) >= 11 is 7.11. The molecule has 2 heterocycles. The molecule has 0 unspecified atom stereocenters. The van der Waals surface area contributed by atoms with Gasteiger partial charge >= 0.3 is 0 Å². The van der Waals surface area contributed by atoms with E-state index in [0.29, 0.717) is 29.0 Å². The summed E-state index contributed by atoms with van der Waals surface area (Å²) in [5.74, 6) is 0.262. The van der Waals surface area contributed by atoms with Crippen molar-refractivity contribution in [3.63, 3.8) is 0 Å². The number of halogens is 1. The zero-order chi connectivity index (χ0) is 17.8. The second kappa shape index (κ2) is 7.88. The monoisotopic (exact) mass is 379 g/mol. The van der Waals surface area contributed by atoms with Gasteiger partial charge in [-0.05, 0) is 31.2 Å². The summed E-state index contributed by atoms with van der Waals surface area (Å²) < 4.78 is 0. The molecule has 132 valence electrons. The Morgan fingerprint density at radius 2 is 1.88 bits per heavy atom. The molecule has 1 saturated heterocycles. The van der Waals surface area contributed by atoms with Crippen LogP contribution in [0.25, 0.3) is 0 Å². The molecule has 0 aliphatic carbocycles. The molecule has 0 spiro atoms. The molecule has 1 aromatic carbocycles. The molecular formula is C16H18ClN5O2S. The Morgan fingerprint density at radius 1 is 1.20 bits per heavy atom. The summed E-state index contributed by atoms with van der Waals surface area (Å²) in [7, 11) is 0. The topological polar surface area (TPSA) is 82.2 Å². The second-order valence-electron chi connectivity index (χ2n) is 5.68. The number of carbonyl (C=O) groups excluding carboxylic acids is 1. The third-order valence-electron chi connectivity index (χ3n) is 4.00. The smallest absolute Gasteiger partial charge is 0.273 e. The quantitative estimate of drug-likeness (QED) is 0.812. The lowest BCUT2D eigenvalue weighted by Crippen LogP contribution is -2.49. The number of aromatic amines is 1. The van der Waals surface area contributed by atoms with E-state index in [1.807, 2.05) is 29.2 Å². The fourth-order valence-electron chi connectivity index (χ4n) is 2.53. The molecule has 1 amide bonds. The van der Waals surface area contributed by atoms with Gasteiger partial charge in [-0.25, -0.2) is 0 Å². The highest BCUT2D eigenvalue weighted by molar-refractivity contribution is 7.99. The first-order valence-corrected chi connectivity index (χ1v) is 9.24. The number of aromatic nitrogens is 3. The first-order chi connectivity index (χ1) is 12.0. The Morgan fingerprint density at radius 3 is 2.52 bits per heavy atom. The minimum Gasteiger partial charge on any atom is -0.368 e. The molecule has 3 rings (SSSR count). The van der Waals surface area contributed by atoms with Gasteiger partial charge in [0.2, 0.25) is 5.91 Å². The fraction of sp³-hybridized carbons (Fsp3) is 0.375. The maximum atomic E-state index is 12.3. The number of carbonyl (C=O) groups is 1. The molecule has 1 aliphatic rings. The molecule has 9 heteroatoms.